The van der Waals surface area contributed by atoms with Crippen LogP contribution in [0.5, 0.6) is 0 Å². The van der Waals surface area contributed by atoms with Crippen molar-refractivity contribution in [1.29, 1.82) is 0 Å². The van der Waals surface area contributed by atoms with Crippen molar-refractivity contribution in [2.24, 2.45) is 0 Å². The maximum absolute atomic E-state index is 4.75. The van der Waals surface area contributed by atoms with Crippen LogP contribution in [0.2, 0.25) is 0 Å². The third kappa shape index (κ3) is 1.35. The molecule has 0 aliphatic carbocycles. The fourth-order valence-corrected chi connectivity index (χ4v) is 2.66. The van der Waals surface area contributed by atoms with Crippen LogP contribution in [0.3, 0.4) is 0 Å². The van der Waals surface area contributed by atoms with Crippen molar-refractivity contribution in [1.82, 2.24) is 14.3 Å². The molecule has 2 aromatic rings. The van der Waals surface area contributed by atoms with Crippen LogP contribution in [0.1, 0.15) is 22.6 Å². The number of aryl methyl sites for hydroxylation is 2. The van der Waals surface area contributed by atoms with Gasteiger partial charge >= 0.3 is 0 Å². The summed E-state index contributed by atoms with van der Waals surface area (Å²) in [6.45, 7) is 6.41. The second-order valence-electron chi connectivity index (χ2n) is 4.86. The Labute approximate surface area is 95.7 Å². The summed E-state index contributed by atoms with van der Waals surface area (Å²) in [5.41, 5.74) is 6.36. The van der Waals surface area contributed by atoms with Gasteiger partial charge in [-0.3, -0.25) is 0 Å². The van der Waals surface area contributed by atoms with E-state index in [2.05, 4.69) is 42.3 Å². The normalized spacial score (nSPS) is 16.7. The molecule has 0 atom stereocenters. The maximum atomic E-state index is 4.75. The fraction of sp³-hybridized carbons (Fsp3) is 0.462. The first kappa shape index (κ1) is 9.85. The van der Waals surface area contributed by atoms with Crippen LogP contribution in [0.15, 0.2) is 12.1 Å². The second-order valence-corrected chi connectivity index (χ2v) is 4.86. The zero-order valence-corrected chi connectivity index (χ0v) is 10.1. The summed E-state index contributed by atoms with van der Waals surface area (Å²) in [5, 5.41) is 0. The molecule has 3 heteroatoms. The van der Waals surface area contributed by atoms with Crippen LogP contribution in [0.25, 0.3) is 5.65 Å². The van der Waals surface area contributed by atoms with Gasteiger partial charge in [0.1, 0.15) is 5.65 Å². The van der Waals surface area contributed by atoms with Gasteiger partial charge in [0.05, 0.1) is 5.69 Å². The molecule has 0 spiro atoms. The van der Waals surface area contributed by atoms with E-state index in [1.807, 2.05) is 0 Å². The van der Waals surface area contributed by atoms with Crippen LogP contribution >= 0.6 is 0 Å². The SMILES string of the molecule is Cc1cc(C)n2c3c(nc2c1)CN(C)CC3. The number of fused-ring (bicyclic) bond motifs is 3. The van der Waals surface area contributed by atoms with Gasteiger partial charge in [0.25, 0.3) is 0 Å². The average molecular weight is 215 g/mol. The van der Waals surface area contributed by atoms with Crippen LogP contribution in [0, 0.1) is 13.8 Å². The van der Waals surface area contributed by atoms with E-state index in [-0.39, 0.29) is 0 Å². The molecule has 3 rings (SSSR count). The Bertz CT molecular complexity index is 554. The van der Waals surface area contributed by atoms with Crippen LogP contribution in [0.4, 0.5) is 0 Å². The molecule has 16 heavy (non-hydrogen) atoms. The van der Waals surface area contributed by atoms with E-state index in [4.69, 9.17) is 4.98 Å². The largest absolute Gasteiger partial charge is 0.301 e. The van der Waals surface area contributed by atoms with E-state index < -0.39 is 0 Å². The molecule has 0 bridgehead atoms. The van der Waals surface area contributed by atoms with Crippen molar-refractivity contribution in [3.05, 3.63) is 34.8 Å². The van der Waals surface area contributed by atoms with Gasteiger partial charge < -0.3 is 9.30 Å². The van der Waals surface area contributed by atoms with Crippen molar-refractivity contribution in [2.75, 3.05) is 13.6 Å². The lowest BCUT2D eigenvalue weighted by Crippen LogP contribution is -2.27. The Morgan fingerprint density at radius 3 is 2.88 bits per heavy atom. The predicted octanol–water partition coefficient (Wildman–Crippen LogP) is 1.94. The number of hydrogen-bond acceptors (Lipinski definition) is 2. The Balaban J connectivity index is 2.29. The highest BCUT2D eigenvalue weighted by Crippen LogP contribution is 2.21. The Morgan fingerprint density at radius 1 is 1.25 bits per heavy atom. The van der Waals surface area contributed by atoms with Gasteiger partial charge in [-0.15, -0.1) is 0 Å². The molecule has 0 radical (unpaired) electrons. The third-order valence-corrected chi connectivity index (χ3v) is 3.38. The lowest BCUT2D eigenvalue weighted by Gasteiger charge is -2.21. The van der Waals surface area contributed by atoms with Gasteiger partial charge in [0.2, 0.25) is 0 Å². The van der Waals surface area contributed by atoms with Crippen LogP contribution in [-0.2, 0) is 13.0 Å². The summed E-state index contributed by atoms with van der Waals surface area (Å²) < 4.78 is 2.31. The molecule has 1 aliphatic rings. The monoisotopic (exact) mass is 215 g/mol. The summed E-state index contributed by atoms with van der Waals surface area (Å²) in [6.07, 6.45) is 1.11. The molecule has 3 heterocycles. The topological polar surface area (TPSA) is 20.5 Å². The van der Waals surface area contributed by atoms with Crippen molar-refractivity contribution in [3.8, 4) is 0 Å². The average Bonchev–Trinajstić information content (AvgIpc) is 2.54. The molecular formula is C13H17N3. The number of imidazole rings is 1. The minimum absolute atomic E-state index is 0.982. The summed E-state index contributed by atoms with van der Waals surface area (Å²) in [4.78, 5) is 7.08. The van der Waals surface area contributed by atoms with E-state index in [0.717, 1.165) is 25.2 Å². The molecular weight excluding hydrogens is 198 g/mol. The first-order chi connectivity index (χ1) is 7.65. The van der Waals surface area contributed by atoms with Gasteiger partial charge in [0.15, 0.2) is 0 Å². The summed E-state index contributed by atoms with van der Waals surface area (Å²) in [5.74, 6) is 0. The highest BCUT2D eigenvalue weighted by atomic mass is 15.1. The summed E-state index contributed by atoms with van der Waals surface area (Å²) >= 11 is 0. The molecule has 1 aliphatic heterocycles. The van der Waals surface area contributed by atoms with E-state index >= 15 is 0 Å². The minimum Gasteiger partial charge on any atom is -0.301 e. The van der Waals surface area contributed by atoms with Gasteiger partial charge in [-0.2, -0.15) is 0 Å². The lowest BCUT2D eigenvalue weighted by molar-refractivity contribution is 0.306. The number of rotatable bonds is 0. The fourth-order valence-electron chi connectivity index (χ4n) is 2.66. The smallest absolute Gasteiger partial charge is 0.137 e. The number of aromatic nitrogens is 2. The molecule has 0 fully saturated rings. The standard InChI is InChI=1S/C13H17N3/c1-9-6-10(2)16-12-4-5-15(3)8-11(12)14-13(16)7-9/h6-7H,4-5,8H2,1-3H3. The van der Waals surface area contributed by atoms with E-state index in [1.165, 1.54) is 22.6 Å². The molecule has 0 N–H and O–H groups in total. The number of likely N-dealkylation sites (N-methyl/N-ethyl adjacent to an activating group) is 1. The first-order valence-corrected chi connectivity index (χ1v) is 5.81. The van der Waals surface area contributed by atoms with Crippen molar-refractivity contribution < 1.29 is 0 Å². The maximum Gasteiger partial charge on any atom is 0.137 e. The second kappa shape index (κ2) is 3.32. The molecule has 0 saturated heterocycles. The van der Waals surface area contributed by atoms with Crippen molar-refractivity contribution in [2.45, 2.75) is 26.8 Å². The van der Waals surface area contributed by atoms with Gasteiger partial charge in [-0.05, 0) is 38.6 Å². The van der Waals surface area contributed by atoms with Gasteiger partial charge in [-0.25, -0.2) is 4.98 Å². The zero-order valence-electron chi connectivity index (χ0n) is 10.1. The highest BCUT2D eigenvalue weighted by Gasteiger charge is 2.19. The summed E-state index contributed by atoms with van der Waals surface area (Å²) in [7, 11) is 2.16. The molecule has 84 valence electrons. The Kier molecular flexibility index (Phi) is 2.04. The van der Waals surface area contributed by atoms with Crippen LogP contribution < -0.4 is 0 Å². The number of nitrogens with zero attached hydrogens (tertiary/aromatic N) is 3. The van der Waals surface area contributed by atoms with E-state index in [9.17, 15) is 0 Å². The molecule has 0 aromatic carbocycles. The van der Waals surface area contributed by atoms with Crippen molar-refractivity contribution >= 4 is 5.65 Å². The first-order valence-electron chi connectivity index (χ1n) is 5.81. The quantitative estimate of drug-likeness (QED) is 0.669. The van der Waals surface area contributed by atoms with Crippen molar-refractivity contribution in [3.63, 3.8) is 0 Å². The highest BCUT2D eigenvalue weighted by molar-refractivity contribution is 5.48. The Morgan fingerprint density at radius 2 is 2.06 bits per heavy atom. The molecule has 2 aromatic heterocycles. The van der Waals surface area contributed by atoms with Gasteiger partial charge in [0, 0.05) is 30.9 Å². The number of pyridine rings is 1. The van der Waals surface area contributed by atoms with E-state index in [1.54, 1.807) is 0 Å². The number of hydrogen-bond donors (Lipinski definition) is 0. The van der Waals surface area contributed by atoms with Crippen LogP contribution in [-0.4, -0.2) is 27.9 Å². The Hall–Kier alpha value is -1.35. The molecule has 0 saturated carbocycles. The minimum atomic E-state index is 0.982. The van der Waals surface area contributed by atoms with E-state index in [0.29, 0.717) is 0 Å². The molecule has 0 unspecified atom stereocenters. The molecule has 0 amide bonds. The third-order valence-electron chi connectivity index (χ3n) is 3.38. The van der Waals surface area contributed by atoms with Gasteiger partial charge in [-0.1, -0.05) is 0 Å². The predicted molar refractivity (Wildman–Crippen MR) is 64.7 cm³/mol. The molecule has 3 nitrogen and oxygen atoms in total. The summed E-state index contributed by atoms with van der Waals surface area (Å²) in [6, 6.07) is 4.40. The lowest BCUT2D eigenvalue weighted by atomic mass is 10.1. The zero-order chi connectivity index (χ0) is 11.3.